The van der Waals surface area contributed by atoms with Crippen LogP contribution in [0.1, 0.15) is 32.1 Å². The van der Waals surface area contributed by atoms with E-state index in [1.165, 1.54) is 32.1 Å². The highest BCUT2D eigenvalue weighted by molar-refractivity contribution is 5.75. The van der Waals surface area contributed by atoms with Gasteiger partial charge in [-0.1, -0.05) is 19.3 Å². The fourth-order valence-corrected chi connectivity index (χ4v) is 1.65. The molecule has 1 saturated heterocycles. The Morgan fingerprint density at radius 2 is 2.00 bits per heavy atom. The average Bonchev–Trinajstić information content (AvgIpc) is 2.01. The number of rotatable bonds is 2. The van der Waals surface area contributed by atoms with Gasteiger partial charge in [-0.3, -0.25) is 4.99 Å². The molecule has 0 radical (unpaired) electrons. The molecule has 13 heavy (non-hydrogen) atoms. The maximum atomic E-state index is 5.28. The standard InChI is InChI=1S/C9H20N4/c10-9(11)13-7-8-5-3-1-2-4-6-12-8/h8,12H,1-7H2,(H4,10,11,13). The lowest BCUT2D eigenvalue weighted by Gasteiger charge is -2.19. The summed E-state index contributed by atoms with van der Waals surface area (Å²) in [5, 5.41) is 3.46. The van der Waals surface area contributed by atoms with Gasteiger partial charge < -0.3 is 16.8 Å². The second-order valence-corrected chi connectivity index (χ2v) is 3.62. The molecular weight excluding hydrogens is 164 g/mol. The van der Waals surface area contributed by atoms with Gasteiger partial charge in [0.2, 0.25) is 0 Å². The van der Waals surface area contributed by atoms with Gasteiger partial charge in [-0.15, -0.1) is 0 Å². The number of aliphatic imine (C=N–C) groups is 1. The largest absolute Gasteiger partial charge is 0.370 e. The van der Waals surface area contributed by atoms with E-state index in [1.54, 1.807) is 0 Å². The lowest BCUT2D eigenvalue weighted by atomic mass is 10.0. The maximum absolute atomic E-state index is 5.28. The van der Waals surface area contributed by atoms with Crippen LogP contribution in [0.25, 0.3) is 0 Å². The first-order valence-corrected chi connectivity index (χ1v) is 5.08. The van der Waals surface area contributed by atoms with Gasteiger partial charge >= 0.3 is 0 Å². The molecule has 0 bridgehead atoms. The van der Waals surface area contributed by atoms with E-state index in [4.69, 9.17) is 11.5 Å². The molecule has 1 atom stereocenters. The molecule has 1 heterocycles. The van der Waals surface area contributed by atoms with E-state index in [-0.39, 0.29) is 5.96 Å². The Labute approximate surface area is 79.8 Å². The molecule has 0 saturated carbocycles. The van der Waals surface area contributed by atoms with Gasteiger partial charge in [-0.05, 0) is 19.4 Å². The molecule has 0 aromatic rings. The normalized spacial score (nSPS) is 24.5. The van der Waals surface area contributed by atoms with Gasteiger partial charge in [0, 0.05) is 6.04 Å². The number of guanidine groups is 1. The third kappa shape index (κ3) is 4.72. The first-order valence-electron chi connectivity index (χ1n) is 5.08. The molecule has 0 aliphatic carbocycles. The molecule has 0 aromatic carbocycles. The molecule has 0 aromatic heterocycles. The topological polar surface area (TPSA) is 76.4 Å². The number of nitrogens with one attached hydrogen (secondary N) is 1. The van der Waals surface area contributed by atoms with Crippen molar-refractivity contribution in [1.29, 1.82) is 0 Å². The Morgan fingerprint density at radius 3 is 2.77 bits per heavy atom. The van der Waals surface area contributed by atoms with Crippen molar-refractivity contribution in [2.45, 2.75) is 38.1 Å². The van der Waals surface area contributed by atoms with Gasteiger partial charge in [0.15, 0.2) is 5.96 Å². The highest BCUT2D eigenvalue weighted by atomic mass is 15.0. The SMILES string of the molecule is NC(N)=NCC1CCCCCCN1. The minimum absolute atomic E-state index is 0.198. The second kappa shape index (κ2) is 5.80. The van der Waals surface area contributed by atoms with E-state index >= 15 is 0 Å². The summed E-state index contributed by atoms with van der Waals surface area (Å²) in [4.78, 5) is 4.03. The summed E-state index contributed by atoms with van der Waals surface area (Å²) < 4.78 is 0. The van der Waals surface area contributed by atoms with Crippen LogP contribution in [0.5, 0.6) is 0 Å². The summed E-state index contributed by atoms with van der Waals surface area (Å²) in [6.07, 6.45) is 6.45. The lowest BCUT2D eigenvalue weighted by Crippen LogP contribution is -2.35. The van der Waals surface area contributed by atoms with Crippen molar-refractivity contribution >= 4 is 5.96 Å². The zero-order valence-corrected chi connectivity index (χ0v) is 8.13. The first kappa shape index (κ1) is 10.3. The third-order valence-electron chi connectivity index (χ3n) is 2.41. The summed E-state index contributed by atoms with van der Waals surface area (Å²) in [6, 6.07) is 0.474. The molecule has 1 unspecified atom stereocenters. The monoisotopic (exact) mass is 184 g/mol. The van der Waals surface area contributed by atoms with E-state index in [2.05, 4.69) is 10.3 Å². The zero-order chi connectivity index (χ0) is 9.52. The van der Waals surface area contributed by atoms with E-state index in [0.29, 0.717) is 6.04 Å². The second-order valence-electron chi connectivity index (χ2n) is 3.62. The van der Waals surface area contributed by atoms with Crippen molar-refractivity contribution in [3.63, 3.8) is 0 Å². The van der Waals surface area contributed by atoms with Crippen molar-refractivity contribution in [3.8, 4) is 0 Å². The Balaban J connectivity index is 2.25. The van der Waals surface area contributed by atoms with Gasteiger partial charge in [-0.25, -0.2) is 0 Å². The van der Waals surface area contributed by atoms with Crippen LogP contribution in [0, 0.1) is 0 Å². The molecular formula is C9H20N4. The molecule has 76 valence electrons. The minimum atomic E-state index is 0.198. The Morgan fingerprint density at radius 1 is 1.23 bits per heavy atom. The van der Waals surface area contributed by atoms with Crippen molar-refractivity contribution in [1.82, 2.24) is 5.32 Å². The van der Waals surface area contributed by atoms with Crippen LogP contribution in [0.15, 0.2) is 4.99 Å². The smallest absolute Gasteiger partial charge is 0.185 e. The molecule has 0 amide bonds. The van der Waals surface area contributed by atoms with Crippen molar-refractivity contribution < 1.29 is 0 Å². The van der Waals surface area contributed by atoms with Crippen LogP contribution in [0.3, 0.4) is 0 Å². The van der Waals surface area contributed by atoms with Crippen LogP contribution in [-0.4, -0.2) is 25.1 Å². The average molecular weight is 184 g/mol. The van der Waals surface area contributed by atoms with Gasteiger partial charge in [0.05, 0.1) is 6.54 Å². The number of hydrogen-bond acceptors (Lipinski definition) is 2. The van der Waals surface area contributed by atoms with Crippen molar-refractivity contribution in [2.75, 3.05) is 13.1 Å². The first-order chi connectivity index (χ1) is 6.29. The molecule has 1 rings (SSSR count). The van der Waals surface area contributed by atoms with Crippen LogP contribution in [0.4, 0.5) is 0 Å². The predicted molar refractivity (Wildman–Crippen MR) is 55.6 cm³/mol. The van der Waals surface area contributed by atoms with Gasteiger partial charge in [0.1, 0.15) is 0 Å². The maximum Gasteiger partial charge on any atom is 0.185 e. The molecule has 1 aliphatic heterocycles. The molecule has 1 aliphatic rings. The molecule has 4 nitrogen and oxygen atoms in total. The van der Waals surface area contributed by atoms with Crippen molar-refractivity contribution in [2.24, 2.45) is 16.5 Å². The van der Waals surface area contributed by atoms with E-state index in [9.17, 15) is 0 Å². The fraction of sp³-hybridized carbons (Fsp3) is 0.889. The number of hydrogen-bond donors (Lipinski definition) is 3. The van der Waals surface area contributed by atoms with Crippen LogP contribution >= 0.6 is 0 Å². The summed E-state index contributed by atoms with van der Waals surface area (Å²) in [6.45, 7) is 1.83. The van der Waals surface area contributed by atoms with E-state index in [1.807, 2.05) is 0 Å². The Bertz CT molecular complexity index is 155. The minimum Gasteiger partial charge on any atom is -0.370 e. The lowest BCUT2D eigenvalue weighted by molar-refractivity contribution is 0.423. The number of nitrogens with two attached hydrogens (primary N) is 2. The molecule has 0 spiro atoms. The van der Waals surface area contributed by atoms with Crippen LogP contribution < -0.4 is 16.8 Å². The quantitative estimate of drug-likeness (QED) is 0.423. The fourth-order valence-electron chi connectivity index (χ4n) is 1.65. The molecule has 5 N–H and O–H groups in total. The van der Waals surface area contributed by atoms with Crippen molar-refractivity contribution in [3.05, 3.63) is 0 Å². The highest BCUT2D eigenvalue weighted by Crippen LogP contribution is 2.09. The predicted octanol–water partition coefficient (Wildman–Crippen LogP) is 0.182. The summed E-state index contributed by atoms with van der Waals surface area (Å²) in [5.74, 6) is 0.198. The van der Waals surface area contributed by atoms with Crippen LogP contribution in [0.2, 0.25) is 0 Å². The third-order valence-corrected chi connectivity index (χ3v) is 2.41. The summed E-state index contributed by atoms with van der Waals surface area (Å²) in [7, 11) is 0. The number of nitrogens with zero attached hydrogens (tertiary/aromatic N) is 1. The Kier molecular flexibility index (Phi) is 4.60. The van der Waals surface area contributed by atoms with E-state index < -0.39 is 0 Å². The van der Waals surface area contributed by atoms with Gasteiger partial charge in [0.25, 0.3) is 0 Å². The van der Waals surface area contributed by atoms with Crippen LogP contribution in [-0.2, 0) is 0 Å². The zero-order valence-electron chi connectivity index (χ0n) is 8.13. The molecule has 1 fully saturated rings. The summed E-state index contributed by atoms with van der Waals surface area (Å²) >= 11 is 0. The molecule has 4 heteroatoms. The highest BCUT2D eigenvalue weighted by Gasteiger charge is 2.09. The van der Waals surface area contributed by atoms with E-state index in [0.717, 1.165) is 13.1 Å². The Hall–Kier alpha value is -0.770. The summed E-state index contributed by atoms with van der Waals surface area (Å²) in [5.41, 5.74) is 10.6. The van der Waals surface area contributed by atoms with Gasteiger partial charge in [-0.2, -0.15) is 0 Å².